The van der Waals surface area contributed by atoms with E-state index in [4.69, 9.17) is 4.74 Å². The molecule has 1 unspecified atom stereocenters. The molecule has 0 saturated heterocycles. The summed E-state index contributed by atoms with van der Waals surface area (Å²) in [6.07, 6.45) is 0.282. The van der Waals surface area contributed by atoms with Crippen molar-refractivity contribution in [2.75, 3.05) is 5.32 Å². The molecule has 1 amide bonds. The predicted molar refractivity (Wildman–Crippen MR) is 76.2 cm³/mol. The second-order valence-corrected chi connectivity index (χ2v) is 6.68. The average molecular weight is 312 g/mol. The zero-order valence-corrected chi connectivity index (χ0v) is 12.7. The number of fused-ring (bicyclic) bond motifs is 1. The third-order valence-electron chi connectivity index (χ3n) is 2.93. The summed E-state index contributed by atoms with van der Waals surface area (Å²) in [6.45, 7) is 8.32. The lowest BCUT2D eigenvalue weighted by atomic mass is 9.86. The van der Waals surface area contributed by atoms with Crippen LogP contribution in [0, 0.1) is 0 Å². The molecule has 1 heterocycles. The molecule has 1 aromatic carbocycles. The van der Waals surface area contributed by atoms with Crippen LogP contribution >= 0.6 is 15.9 Å². The highest BCUT2D eigenvalue weighted by molar-refractivity contribution is 9.10. The number of hydrogen-bond donors (Lipinski definition) is 1. The van der Waals surface area contributed by atoms with Gasteiger partial charge in [-0.2, -0.15) is 0 Å². The minimum atomic E-state index is -0.103. The normalized spacial score (nSPS) is 19.6. The van der Waals surface area contributed by atoms with E-state index >= 15 is 0 Å². The Morgan fingerprint density at radius 1 is 1.39 bits per heavy atom. The molecule has 0 fully saturated rings. The average Bonchev–Trinajstić information content (AvgIpc) is 2.32. The summed E-state index contributed by atoms with van der Waals surface area (Å²) in [5.74, 6) is 0.795. The Balaban J connectivity index is 2.61. The highest BCUT2D eigenvalue weighted by Crippen LogP contribution is 2.41. The maximum absolute atomic E-state index is 11.7. The fraction of sp³-hybridized carbons (Fsp3) is 0.500. The Morgan fingerprint density at radius 3 is 2.67 bits per heavy atom. The van der Waals surface area contributed by atoms with Crippen LogP contribution in [0.1, 0.15) is 39.7 Å². The summed E-state index contributed by atoms with van der Waals surface area (Å²) >= 11 is 3.49. The van der Waals surface area contributed by atoms with E-state index in [0.29, 0.717) is 6.42 Å². The Kier molecular flexibility index (Phi) is 3.41. The molecule has 18 heavy (non-hydrogen) atoms. The van der Waals surface area contributed by atoms with Crippen LogP contribution in [0.25, 0.3) is 0 Å². The van der Waals surface area contributed by atoms with Gasteiger partial charge in [0.15, 0.2) is 0 Å². The zero-order valence-electron chi connectivity index (χ0n) is 11.1. The van der Waals surface area contributed by atoms with Gasteiger partial charge in [-0.05, 0) is 24.5 Å². The first-order chi connectivity index (χ1) is 8.27. The van der Waals surface area contributed by atoms with Crippen LogP contribution in [-0.4, -0.2) is 12.0 Å². The van der Waals surface area contributed by atoms with E-state index in [-0.39, 0.29) is 17.4 Å². The summed E-state index contributed by atoms with van der Waals surface area (Å²) in [7, 11) is 0. The quantitative estimate of drug-likeness (QED) is 0.790. The predicted octanol–water partition coefficient (Wildman–Crippen LogP) is 3.86. The highest BCUT2D eigenvalue weighted by Gasteiger charge is 2.27. The third kappa shape index (κ3) is 2.69. The van der Waals surface area contributed by atoms with Crippen LogP contribution in [0.3, 0.4) is 0 Å². The van der Waals surface area contributed by atoms with Gasteiger partial charge < -0.3 is 10.1 Å². The summed E-state index contributed by atoms with van der Waals surface area (Å²) in [5, 5.41) is 2.91. The van der Waals surface area contributed by atoms with E-state index in [1.165, 1.54) is 0 Å². The Hall–Kier alpha value is -1.03. The number of halogens is 1. The molecule has 4 heteroatoms. The van der Waals surface area contributed by atoms with Crippen molar-refractivity contribution in [2.24, 2.45) is 0 Å². The number of rotatable bonds is 0. The van der Waals surface area contributed by atoms with Gasteiger partial charge in [-0.25, -0.2) is 0 Å². The molecule has 0 aliphatic carbocycles. The lowest BCUT2D eigenvalue weighted by Crippen LogP contribution is -2.18. The van der Waals surface area contributed by atoms with Crippen molar-refractivity contribution in [1.82, 2.24) is 0 Å². The van der Waals surface area contributed by atoms with Gasteiger partial charge in [0.2, 0.25) is 5.91 Å². The number of nitrogens with one attached hydrogen (secondary N) is 1. The minimum Gasteiger partial charge on any atom is -0.488 e. The first-order valence-electron chi connectivity index (χ1n) is 6.08. The highest BCUT2D eigenvalue weighted by atomic mass is 79.9. The van der Waals surface area contributed by atoms with Crippen molar-refractivity contribution in [3.05, 3.63) is 22.2 Å². The fourth-order valence-electron chi connectivity index (χ4n) is 2.08. The molecule has 1 atom stereocenters. The van der Waals surface area contributed by atoms with Gasteiger partial charge in [0.25, 0.3) is 0 Å². The molecule has 3 nitrogen and oxygen atoms in total. The SMILES string of the molecule is CC1CC(=O)Nc2cc(Br)cc(C(C)(C)C)c2O1. The van der Waals surface area contributed by atoms with Crippen LogP contribution in [0.2, 0.25) is 0 Å². The fourth-order valence-corrected chi connectivity index (χ4v) is 2.53. The van der Waals surface area contributed by atoms with Crippen molar-refractivity contribution in [3.8, 4) is 5.75 Å². The molecule has 0 aromatic heterocycles. The van der Waals surface area contributed by atoms with Gasteiger partial charge in [0.1, 0.15) is 11.9 Å². The molecule has 1 aliphatic rings. The van der Waals surface area contributed by atoms with Crippen molar-refractivity contribution in [1.29, 1.82) is 0 Å². The molecule has 2 rings (SSSR count). The molecule has 0 radical (unpaired) electrons. The van der Waals surface area contributed by atoms with Crippen LogP contribution in [0.15, 0.2) is 16.6 Å². The molecular weight excluding hydrogens is 294 g/mol. The van der Waals surface area contributed by atoms with Gasteiger partial charge in [0.05, 0.1) is 12.1 Å². The second-order valence-electron chi connectivity index (χ2n) is 5.76. The minimum absolute atomic E-state index is 0.000732. The van der Waals surface area contributed by atoms with E-state index in [1.54, 1.807) is 0 Å². The van der Waals surface area contributed by atoms with Crippen LogP contribution in [-0.2, 0) is 10.2 Å². The van der Waals surface area contributed by atoms with Crippen molar-refractivity contribution < 1.29 is 9.53 Å². The van der Waals surface area contributed by atoms with E-state index in [1.807, 2.05) is 13.0 Å². The summed E-state index contributed by atoms with van der Waals surface area (Å²) < 4.78 is 6.88. The smallest absolute Gasteiger partial charge is 0.228 e. The van der Waals surface area contributed by atoms with Crippen LogP contribution in [0.4, 0.5) is 5.69 Å². The van der Waals surface area contributed by atoms with Gasteiger partial charge >= 0.3 is 0 Å². The molecule has 0 bridgehead atoms. The van der Waals surface area contributed by atoms with Crippen LogP contribution in [0.5, 0.6) is 5.75 Å². The number of ether oxygens (including phenoxy) is 1. The molecule has 0 spiro atoms. The number of carbonyl (C=O) groups excluding carboxylic acids is 1. The molecular formula is C14H18BrNO2. The lowest BCUT2D eigenvalue weighted by Gasteiger charge is -2.25. The summed E-state index contributed by atoms with van der Waals surface area (Å²) in [6, 6.07) is 3.95. The summed E-state index contributed by atoms with van der Waals surface area (Å²) in [4.78, 5) is 11.7. The lowest BCUT2D eigenvalue weighted by molar-refractivity contribution is -0.117. The number of carbonyl (C=O) groups is 1. The largest absolute Gasteiger partial charge is 0.488 e. The molecule has 0 saturated carbocycles. The van der Waals surface area contributed by atoms with Crippen molar-refractivity contribution in [3.63, 3.8) is 0 Å². The van der Waals surface area contributed by atoms with Gasteiger partial charge in [-0.3, -0.25) is 4.79 Å². The van der Waals surface area contributed by atoms with E-state index in [9.17, 15) is 4.79 Å². The number of hydrogen-bond acceptors (Lipinski definition) is 2. The first kappa shape index (κ1) is 13.4. The monoisotopic (exact) mass is 311 g/mol. The zero-order chi connectivity index (χ0) is 13.5. The van der Waals surface area contributed by atoms with Crippen molar-refractivity contribution >= 4 is 27.5 Å². The number of anilines is 1. The summed E-state index contributed by atoms with van der Waals surface area (Å²) in [5.41, 5.74) is 1.81. The maximum Gasteiger partial charge on any atom is 0.228 e. The topological polar surface area (TPSA) is 38.3 Å². The maximum atomic E-state index is 11.7. The molecule has 98 valence electrons. The van der Waals surface area contributed by atoms with E-state index < -0.39 is 0 Å². The van der Waals surface area contributed by atoms with Crippen molar-refractivity contribution in [2.45, 2.75) is 45.6 Å². The Morgan fingerprint density at radius 2 is 2.06 bits per heavy atom. The number of benzene rings is 1. The Bertz CT molecular complexity index is 491. The van der Waals surface area contributed by atoms with Gasteiger partial charge in [-0.1, -0.05) is 36.7 Å². The molecule has 1 N–H and O–H groups in total. The van der Waals surface area contributed by atoms with Crippen LogP contribution < -0.4 is 10.1 Å². The standard InChI is InChI=1S/C14H18BrNO2/c1-8-5-12(17)16-11-7-9(15)6-10(13(11)18-8)14(2,3)4/h6-8H,5H2,1-4H3,(H,16,17). The molecule has 1 aliphatic heterocycles. The van der Waals surface area contributed by atoms with E-state index in [2.05, 4.69) is 48.1 Å². The van der Waals surface area contributed by atoms with Gasteiger partial charge in [-0.15, -0.1) is 0 Å². The third-order valence-corrected chi connectivity index (χ3v) is 3.39. The Labute approximate surface area is 116 Å². The number of amides is 1. The molecule has 1 aromatic rings. The van der Waals surface area contributed by atoms with Gasteiger partial charge in [0, 0.05) is 10.0 Å². The first-order valence-corrected chi connectivity index (χ1v) is 6.87. The second kappa shape index (κ2) is 4.57. The van der Waals surface area contributed by atoms with E-state index in [0.717, 1.165) is 21.5 Å².